The maximum Gasteiger partial charge on any atom is 0.254 e. The first-order chi connectivity index (χ1) is 8.08. The Morgan fingerprint density at radius 3 is 2.47 bits per heavy atom. The van der Waals surface area contributed by atoms with Crippen molar-refractivity contribution in [3.8, 4) is 0 Å². The molecule has 0 aliphatic heterocycles. The monoisotopic (exact) mass is 276 g/mol. The van der Waals surface area contributed by atoms with Gasteiger partial charge in [0.2, 0.25) is 0 Å². The zero-order valence-corrected chi connectivity index (χ0v) is 11.0. The van der Waals surface area contributed by atoms with Crippen LogP contribution in [0.5, 0.6) is 0 Å². The summed E-state index contributed by atoms with van der Waals surface area (Å²) >= 11 is 11.5. The fourth-order valence-electron chi connectivity index (χ4n) is 1.44. The maximum atomic E-state index is 12.1. The van der Waals surface area contributed by atoms with E-state index in [0.717, 1.165) is 0 Å². The average Bonchev–Trinajstić information content (AvgIpc) is 2.28. The highest BCUT2D eigenvalue weighted by Gasteiger charge is 2.15. The number of halogens is 2. The van der Waals surface area contributed by atoms with Gasteiger partial charge in [-0.1, -0.05) is 23.2 Å². The number of hydrogen-bond acceptors (Lipinski definition) is 3. The molecule has 0 atom stereocenters. The Labute approximate surface area is 110 Å². The quantitative estimate of drug-likeness (QED) is 0.840. The normalized spacial score (nSPS) is 10.4. The second-order valence-corrected chi connectivity index (χ2v) is 4.24. The first kappa shape index (κ1) is 14.2. The largest absolute Gasteiger partial charge is 0.396 e. The zero-order chi connectivity index (χ0) is 12.8. The van der Waals surface area contributed by atoms with Crippen LogP contribution >= 0.6 is 23.2 Å². The standard InChI is InChI=1S/C11H14Cl2N2O2/c1-2-15(4-3-5-16)11(17)8-6-9(12)14-10(13)7-8/h6-7,16H,2-5H2,1H3. The van der Waals surface area contributed by atoms with E-state index in [1.54, 1.807) is 4.90 Å². The molecule has 0 fully saturated rings. The van der Waals surface area contributed by atoms with E-state index < -0.39 is 0 Å². The third-order valence-electron chi connectivity index (χ3n) is 2.26. The Bertz CT molecular complexity index is 379. The van der Waals surface area contributed by atoms with Gasteiger partial charge in [0.25, 0.3) is 5.91 Å². The van der Waals surface area contributed by atoms with Gasteiger partial charge >= 0.3 is 0 Å². The molecule has 0 saturated heterocycles. The van der Waals surface area contributed by atoms with Gasteiger partial charge in [-0.15, -0.1) is 0 Å². The number of aliphatic hydroxyl groups excluding tert-OH is 1. The van der Waals surface area contributed by atoms with Gasteiger partial charge in [-0.25, -0.2) is 4.98 Å². The second kappa shape index (κ2) is 6.79. The van der Waals surface area contributed by atoms with Crippen molar-refractivity contribution in [1.29, 1.82) is 0 Å². The maximum absolute atomic E-state index is 12.1. The summed E-state index contributed by atoms with van der Waals surface area (Å²) in [6.07, 6.45) is 0.548. The molecule has 0 aliphatic carbocycles. The number of aliphatic hydroxyl groups is 1. The molecular weight excluding hydrogens is 263 g/mol. The van der Waals surface area contributed by atoms with Crippen LogP contribution < -0.4 is 0 Å². The molecule has 1 N–H and O–H groups in total. The summed E-state index contributed by atoms with van der Waals surface area (Å²) in [6, 6.07) is 2.97. The molecule has 4 nitrogen and oxygen atoms in total. The SMILES string of the molecule is CCN(CCCO)C(=O)c1cc(Cl)nc(Cl)c1. The molecule has 1 heterocycles. The molecule has 0 aliphatic rings. The fraction of sp³-hybridized carbons (Fsp3) is 0.455. The number of carbonyl (C=O) groups excluding carboxylic acids is 1. The predicted molar refractivity (Wildman–Crippen MR) is 67.5 cm³/mol. The summed E-state index contributed by atoms with van der Waals surface area (Å²) in [5.74, 6) is -0.160. The Kier molecular flexibility index (Phi) is 5.68. The van der Waals surface area contributed by atoms with E-state index >= 15 is 0 Å². The minimum atomic E-state index is -0.160. The van der Waals surface area contributed by atoms with E-state index in [-0.39, 0.29) is 22.8 Å². The van der Waals surface area contributed by atoms with Gasteiger partial charge in [0.15, 0.2) is 0 Å². The van der Waals surface area contributed by atoms with Crippen LogP contribution in [0.15, 0.2) is 12.1 Å². The van der Waals surface area contributed by atoms with Crippen LogP contribution in [0.4, 0.5) is 0 Å². The van der Waals surface area contributed by atoms with Gasteiger partial charge in [0.1, 0.15) is 10.3 Å². The first-order valence-corrected chi connectivity index (χ1v) is 6.07. The third kappa shape index (κ3) is 4.15. The fourth-order valence-corrected chi connectivity index (χ4v) is 1.90. The molecule has 1 aromatic rings. The van der Waals surface area contributed by atoms with Crippen molar-refractivity contribution in [1.82, 2.24) is 9.88 Å². The predicted octanol–water partition coefficient (Wildman–Crippen LogP) is 2.23. The van der Waals surface area contributed by atoms with Crippen LogP contribution in [-0.4, -0.2) is 40.6 Å². The Balaban J connectivity index is 2.85. The number of carbonyl (C=O) groups is 1. The van der Waals surface area contributed by atoms with Crippen molar-refractivity contribution in [2.75, 3.05) is 19.7 Å². The molecule has 0 radical (unpaired) electrons. The molecule has 1 rings (SSSR count). The van der Waals surface area contributed by atoms with Crippen molar-refractivity contribution < 1.29 is 9.90 Å². The van der Waals surface area contributed by atoms with E-state index in [1.807, 2.05) is 6.92 Å². The molecule has 1 amide bonds. The molecule has 0 spiro atoms. The number of hydrogen-bond donors (Lipinski definition) is 1. The lowest BCUT2D eigenvalue weighted by atomic mass is 10.2. The van der Waals surface area contributed by atoms with Crippen LogP contribution in [-0.2, 0) is 0 Å². The minimum absolute atomic E-state index is 0.0572. The van der Waals surface area contributed by atoms with Crippen LogP contribution in [0, 0.1) is 0 Å². The van der Waals surface area contributed by atoms with E-state index in [9.17, 15) is 4.79 Å². The van der Waals surface area contributed by atoms with E-state index in [0.29, 0.717) is 25.1 Å². The Morgan fingerprint density at radius 1 is 1.41 bits per heavy atom. The highest BCUT2D eigenvalue weighted by molar-refractivity contribution is 6.33. The number of amides is 1. The lowest BCUT2D eigenvalue weighted by molar-refractivity contribution is 0.0754. The summed E-state index contributed by atoms with van der Waals surface area (Å²) in [5.41, 5.74) is 0.412. The lowest BCUT2D eigenvalue weighted by Gasteiger charge is -2.20. The van der Waals surface area contributed by atoms with Gasteiger partial charge in [-0.05, 0) is 25.5 Å². The molecule has 17 heavy (non-hydrogen) atoms. The average molecular weight is 277 g/mol. The number of aromatic nitrogens is 1. The molecule has 0 saturated carbocycles. The van der Waals surface area contributed by atoms with Gasteiger partial charge < -0.3 is 10.0 Å². The van der Waals surface area contributed by atoms with Crippen molar-refractivity contribution in [2.45, 2.75) is 13.3 Å². The van der Waals surface area contributed by atoms with E-state index in [1.165, 1.54) is 12.1 Å². The van der Waals surface area contributed by atoms with Crippen LogP contribution in [0.1, 0.15) is 23.7 Å². The number of nitrogens with zero attached hydrogens (tertiary/aromatic N) is 2. The highest BCUT2D eigenvalue weighted by Crippen LogP contribution is 2.16. The van der Waals surface area contributed by atoms with Crippen molar-refractivity contribution in [2.24, 2.45) is 0 Å². The molecule has 94 valence electrons. The topological polar surface area (TPSA) is 53.4 Å². The summed E-state index contributed by atoms with van der Waals surface area (Å²) < 4.78 is 0. The van der Waals surface area contributed by atoms with Crippen molar-refractivity contribution in [3.63, 3.8) is 0 Å². The zero-order valence-electron chi connectivity index (χ0n) is 9.49. The molecule has 0 bridgehead atoms. The van der Waals surface area contributed by atoms with E-state index in [2.05, 4.69) is 4.98 Å². The first-order valence-electron chi connectivity index (χ1n) is 5.31. The highest BCUT2D eigenvalue weighted by atomic mass is 35.5. The summed E-state index contributed by atoms with van der Waals surface area (Å²) in [7, 11) is 0. The third-order valence-corrected chi connectivity index (χ3v) is 2.65. The van der Waals surface area contributed by atoms with Crippen molar-refractivity contribution in [3.05, 3.63) is 28.0 Å². The Morgan fingerprint density at radius 2 is 2.00 bits per heavy atom. The lowest BCUT2D eigenvalue weighted by Crippen LogP contribution is -2.32. The smallest absolute Gasteiger partial charge is 0.254 e. The second-order valence-electron chi connectivity index (χ2n) is 3.46. The van der Waals surface area contributed by atoms with Gasteiger partial charge in [-0.3, -0.25) is 4.79 Å². The molecule has 0 unspecified atom stereocenters. The number of rotatable bonds is 5. The molecule has 6 heteroatoms. The summed E-state index contributed by atoms with van der Waals surface area (Å²) in [4.78, 5) is 17.5. The molecular formula is C11H14Cl2N2O2. The molecule has 0 aromatic carbocycles. The minimum Gasteiger partial charge on any atom is -0.396 e. The van der Waals surface area contributed by atoms with Crippen molar-refractivity contribution >= 4 is 29.1 Å². The van der Waals surface area contributed by atoms with Crippen LogP contribution in [0.3, 0.4) is 0 Å². The van der Waals surface area contributed by atoms with Gasteiger partial charge in [-0.2, -0.15) is 0 Å². The van der Waals surface area contributed by atoms with Crippen LogP contribution in [0.2, 0.25) is 10.3 Å². The van der Waals surface area contributed by atoms with Crippen LogP contribution in [0.25, 0.3) is 0 Å². The summed E-state index contributed by atoms with van der Waals surface area (Å²) in [5, 5.41) is 9.15. The molecule has 1 aromatic heterocycles. The van der Waals surface area contributed by atoms with E-state index in [4.69, 9.17) is 28.3 Å². The Hall–Kier alpha value is -0.840. The number of pyridine rings is 1. The summed E-state index contributed by atoms with van der Waals surface area (Å²) in [6.45, 7) is 3.00. The van der Waals surface area contributed by atoms with Gasteiger partial charge in [0.05, 0.1) is 0 Å². The van der Waals surface area contributed by atoms with Gasteiger partial charge in [0, 0.05) is 25.3 Å².